The van der Waals surface area contributed by atoms with Gasteiger partial charge >= 0.3 is 0 Å². The molecule has 1 aromatic rings. The van der Waals surface area contributed by atoms with Crippen molar-refractivity contribution < 1.29 is 0 Å². The minimum Gasteiger partial charge on any atom is -0.382 e. The highest BCUT2D eigenvalue weighted by Crippen LogP contribution is 2.38. The number of benzene rings is 1. The molecule has 1 nitrogen and oxygen atoms in total. The Labute approximate surface area is 86.5 Å². The maximum absolute atomic E-state index is 3.56. The number of anilines is 1. The molecule has 76 valence electrons. The fraction of sp³-hybridized carbons (Fsp3) is 0.538. The molecule has 1 aliphatic heterocycles. The molecule has 0 amide bonds. The van der Waals surface area contributed by atoms with Crippen molar-refractivity contribution in [3.8, 4) is 0 Å². The smallest absolute Gasteiger partial charge is 0.0378 e. The third-order valence-electron chi connectivity index (χ3n) is 3.22. The van der Waals surface area contributed by atoms with Gasteiger partial charge in [0.1, 0.15) is 0 Å². The van der Waals surface area contributed by atoms with Gasteiger partial charge in [0, 0.05) is 17.6 Å². The summed E-state index contributed by atoms with van der Waals surface area (Å²) in [6.07, 6.45) is 3.96. The minimum atomic E-state index is 0.610. The SMILES string of the molecule is CCCCC1c2ccccc2NC1C. The third kappa shape index (κ3) is 1.63. The minimum absolute atomic E-state index is 0.610. The van der Waals surface area contributed by atoms with Gasteiger partial charge < -0.3 is 5.32 Å². The van der Waals surface area contributed by atoms with Crippen LogP contribution in [0, 0.1) is 0 Å². The van der Waals surface area contributed by atoms with E-state index in [9.17, 15) is 0 Å². The molecule has 0 spiro atoms. The number of para-hydroxylation sites is 1. The van der Waals surface area contributed by atoms with Gasteiger partial charge in [0.25, 0.3) is 0 Å². The lowest BCUT2D eigenvalue weighted by Gasteiger charge is -2.15. The van der Waals surface area contributed by atoms with E-state index in [0.717, 1.165) is 5.92 Å². The normalized spacial score (nSPS) is 24.4. The molecule has 0 fully saturated rings. The lowest BCUT2D eigenvalue weighted by Crippen LogP contribution is -2.15. The molecule has 1 N–H and O–H groups in total. The van der Waals surface area contributed by atoms with Crippen LogP contribution in [0.3, 0.4) is 0 Å². The van der Waals surface area contributed by atoms with Crippen molar-refractivity contribution in [3.05, 3.63) is 29.8 Å². The zero-order valence-corrected chi connectivity index (χ0v) is 9.09. The average molecular weight is 189 g/mol. The molecule has 1 heteroatoms. The molecule has 2 rings (SSSR count). The van der Waals surface area contributed by atoms with Crippen molar-refractivity contribution in [1.82, 2.24) is 0 Å². The lowest BCUT2D eigenvalue weighted by molar-refractivity contribution is 0.552. The molecule has 0 aliphatic carbocycles. The van der Waals surface area contributed by atoms with Crippen molar-refractivity contribution >= 4 is 5.69 Å². The van der Waals surface area contributed by atoms with Gasteiger partial charge in [-0.15, -0.1) is 0 Å². The highest BCUT2D eigenvalue weighted by Gasteiger charge is 2.27. The van der Waals surface area contributed by atoms with Crippen LogP contribution in [0.2, 0.25) is 0 Å². The van der Waals surface area contributed by atoms with Crippen LogP contribution in [-0.4, -0.2) is 6.04 Å². The summed E-state index contributed by atoms with van der Waals surface area (Å²) in [5.41, 5.74) is 2.87. The first-order chi connectivity index (χ1) is 6.83. The van der Waals surface area contributed by atoms with Gasteiger partial charge in [0.2, 0.25) is 0 Å². The zero-order valence-electron chi connectivity index (χ0n) is 9.09. The number of fused-ring (bicyclic) bond motifs is 1. The standard InChI is InChI=1S/C13H19N/c1-3-4-7-11-10(2)14-13-9-6-5-8-12(11)13/h5-6,8-11,14H,3-4,7H2,1-2H3. The highest BCUT2D eigenvalue weighted by molar-refractivity contribution is 5.58. The van der Waals surface area contributed by atoms with E-state index in [2.05, 4.69) is 43.4 Å². The van der Waals surface area contributed by atoms with Crippen LogP contribution < -0.4 is 5.32 Å². The van der Waals surface area contributed by atoms with Crippen molar-refractivity contribution in [2.45, 2.75) is 45.1 Å². The summed E-state index contributed by atoms with van der Waals surface area (Å²) in [6.45, 7) is 4.55. The molecule has 2 atom stereocenters. The Morgan fingerprint density at radius 2 is 2.07 bits per heavy atom. The van der Waals surface area contributed by atoms with Crippen molar-refractivity contribution in [3.63, 3.8) is 0 Å². The van der Waals surface area contributed by atoms with E-state index in [0.29, 0.717) is 6.04 Å². The third-order valence-corrected chi connectivity index (χ3v) is 3.22. The van der Waals surface area contributed by atoms with E-state index in [1.807, 2.05) is 0 Å². The summed E-state index contributed by atoms with van der Waals surface area (Å²) in [4.78, 5) is 0. The van der Waals surface area contributed by atoms with Crippen molar-refractivity contribution in [1.29, 1.82) is 0 Å². The Morgan fingerprint density at radius 3 is 2.86 bits per heavy atom. The number of nitrogens with one attached hydrogen (secondary N) is 1. The van der Waals surface area contributed by atoms with Crippen LogP contribution in [-0.2, 0) is 0 Å². The Hall–Kier alpha value is -0.980. The summed E-state index contributed by atoms with van der Waals surface area (Å²) in [5.74, 6) is 0.728. The van der Waals surface area contributed by atoms with Gasteiger partial charge in [0.15, 0.2) is 0 Å². The second-order valence-electron chi connectivity index (χ2n) is 4.27. The monoisotopic (exact) mass is 189 g/mol. The topological polar surface area (TPSA) is 12.0 Å². The van der Waals surface area contributed by atoms with E-state index in [1.165, 1.54) is 30.5 Å². The summed E-state index contributed by atoms with van der Waals surface area (Å²) >= 11 is 0. The first kappa shape index (κ1) is 9.57. The molecule has 1 aromatic carbocycles. The maximum atomic E-state index is 3.56. The highest BCUT2D eigenvalue weighted by atomic mass is 15.0. The largest absolute Gasteiger partial charge is 0.382 e. The van der Waals surface area contributed by atoms with E-state index in [-0.39, 0.29) is 0 Å². The lowest BCUT2D eigenvalue weighted by atomic mass is 9.91. The number of unbranched alkanes of at least 4 members (excludes halogenated alkanes) is 1. The molecular weight excluding hydrogens is 170 g/mol. The first-order valence-electron chi connectivity index (χ1n) is 5.68. The fourth-order valence-electron chi connectivity index (χ4n) is 2.40. The quantitative estimate of drug-likeness (QED) is 0.763. The Balaban J connectivity index is 2.17. The van der Waals surface area contributed by atoms with E-state index in [4.69, 9.17) is 0 Å². The summed E-state index contributed by atoms with van der Waals surface area (Å²) in [5, 5.41) is 3.56. The Bertz CT molecular complexity index is 306. The average Bonchev–Trinajstić information content (AvgIpc) is 2.51. The van der Waals surface area contributed by atoms with Crippen LogP contribution in [0.4, 0.5) is 5.69 Å². The number of rotatable bonds is 3. The van der Waals surface area contributed by atoms with Gasteiger partial charge in [-0.3, -0.25) is 0 Å². The molecule has 0 saturated heterocycles. The molecule has 14 heavy (non-hydrogen) atoms. The van der Waals surface area contributed by atoms with Crippen LogP contribution in [0.15, 0.2) is 24.3 Å². The molecule has 0 radical (unpaired) electrons. The predicted molar refractivity (Wildman–Crippen MR) is 61.8 cm³/mol. The molecule has 0 bridgehead atoms. The van der Waals surface area contributed by atoms with Gasteiger partial charge in [-0.1, -0.05) is 38.0 Å². The molecular formula is C13H19N. The van der Waals surface area contributed by atoms with E-state index < -0.39 is 0 Å². The maximum Gasteiger partial charge on any atom is 0.0378 e. The van der Waals surface area contributed by atoms with Crippen molar-refractivity contribution in [2.75, 3.05) is 5.32 Å². The van der Waals surface area contributed by atoms with Crippen LogP contribution in [0.5, 0.6) is 0 Å². The molecule has 0 saturated carbocycles. The first-order valence-corrected chi connectivity index (χ1v) is 5.68. The van der Waals surface area contributed by atoms with E-state index in [1.54, 1.807) is 0 Å². The Morgan fingerprint density at radius 1 is 1.29 bits per heavy atom. The van der Waals surface area contributed by atoms with Crippen molar-refractivity contribution in [2.24, 2.45) is 0 Å². The Kier molecular flexibility index (Phi) is 2.76. The molecule has 0 aromatic heterocycles. The predicted octanol–water partition coefficient (Wildman–Crippen LogP) is 3.77. The second kappa shape index (κ2) is 4.04. The second-order valence-corrected chi connectivity index (χ2v) is 4.27. The van der Waals surface area contributed by atoms with Crippen LogP contribution in [0.25, 0.3) is 0 Å². The zero-order chi connectivity index (χ0) is 9.97. The summed E-state index contributed by atoms with van der Waals surface area (Å²) in [7, 11) is 0. The summed E-state index contributed by atoms with van der Waals surface area (Å²) < 4.78 is 0. The summed E-state index contributed by atoms with van der Waals surface area (Å²) in [6, 6.07) is 9.33. The number of hydrogen-bond acceptors (Lipinski definition) is 1. The van der Waals surface area contributed by atoms with Crippen LogP contribution >= 0.6 is 0 Å². The van der Waals surface area contributed by atoms with Gasteiger partial charge in [-0.25, -0.2) is 0 Å². The number of hydrogen-bond donors (Lipinski definition) is 1. The van der Waals surface area contributed by atoms with Crippen LogP contribution in [0.1, 0.15) is 44.6 Å². The fourth-order valence-corrected chi connectivity index (χ4v) is 2.40. The van der Waals surface area contributed by atoms with Gasteiger partial charge in [0.05, 0.1) is 0 Å². The molecule has 1 aliphatic rings. The van der Waals surface area contributed by atoms with Gasteiger partial charge in [-0.2, -0.15) is 0 Å². The molecule has 2 unspecified atom stereocenters. The molecule has 1 heterocycles. The van der Waals surface area contributed by atoms with Gasteiger partial charge in [-0.05, 0) is 25.0 Å². The van der Waals surface area contributed by atoms with E-state index >= 15 is 0 Å².